The Bertz CT molecular complexity index is 623. The van der Waals surface area contributed by atoms with Crippen LogP contribution in [-0.2, 0) is 13.1 Å². The Morgan fingerprint density at radius 2 is 2.15 bits per heavy atom. The number of nitrogens with zero attached hydrogens (tertiary/aromatic N) is 2. The molecular weight excluding hydrogens is 272 g/mol. The summed E-state index contributed by atoms with van der Waals surface area (Å²) in [4.78, 5) is 17.6. The average molecular weight is 290 g/mol. The van der Waals surface area contributed by atoms with Gasteiger partial charge in [0.05, 0.1) is 10.7 Å². The van der Waals surface area contributed by atoms with Crippen molar-refractivity contribution in [2.45, 2.75) is 20.0 Å². The average Bonchev–Trinajstić information content (AvgIpc) is 2.77. The van der Waals surface area contributed by atoms with Gasteiger partial charge in [0, 0.05) is 29.7 Å². The van der Waals surface area contributed by atoms with Crippen molar-refractivity contribution >= 4 is 22.9 Å². The van der Waals surface area contributed by atoms with Crippen LogP contribution in [0.4, 0.5) is 5.69 Å². The lowest BCUT2D eigenvalue weighted by molar-refractivity contribution is 0.100. The van der Waals surface area contributed by atoms with E-state index in [9.17, 15) is 4.79 Å². The van der Waals surface area contributed by atoms with Crippen LogP contribution in [-0.4, -0.2) is 22.8 Å². The maximum absolute atomic E-state index is 11.1. The normalized spacial score (nSPS) is 10.9. The molecule has 5 nitrogen and oxygen atoms in total. The standard InChI is InChI=1S/C14H18N4OS/c1-9-17-12(8-20-9)7-18(2)6-11-4-3-10(14(16)19)5-13(11)15/h3-5,8H,6-7,15H2,1-2H3,(H2,16,19). The highest BCUT2D eigenvalue weighted by molar-refractivity contribution is 7.09. The molecule has 0 aliphatic heterocycles. The van der Waals surface area contributed by atoms with Crippen LogP contribution < -0.4 is 11.5 Å². The number of rotatable bonds is 5. The molecule has 1 heterocycles. The molecule has 4 N–H and O–H groups in total. The van der Waals surface area contributed by atoms with Crippen molar-refractivity contribution < 1.29 is 4.79 Å². The van der Waals surface area contributed by atoms with E-state index in [0.29, 0.717) is 17.8 Å². The molecule has 6 heteroatoms. The lowest BCUT2D eigenvalue weighted by Crippen LogP contribution is -2.19. The van der Waals surface area contributed by atoms with E-state index in [1.165, 1.54) is 0 Å². The van der Waals surface area contributed by atoms with Gasteiger partial charge in [0.2, 0.25) is 5.91 Å². The van der Waals surface area contributed by atoms with Gasteiger partial charge >= 0.3 is 0 Å². The number of hydrogen-bond acceptors (Lipinski definition) is 5. The molecule has 0 aliphatic carbocycles. The number of amides is 1. The van der Waals surface area contributed by atoms with E-state index in [4.69, 9.17) is 11.5 Å². The summed E-state index contributed by atoms with van der Waals surface area (Å²) < 4.78 is 0. The Kier molecular flexibility index (Phi) is 4.36. The summed E-state index contributed by atoms with van der Waals surface area (Å²) in [6.07, 6.45) is 0. The smallest absolute Gasteiger partial charge is 0.248 e. The topological polar surface area (TPSA) is 85.2 Å². The fourth-order valence-electron chi connectivity index (χ4n) is 2.00. The summed E-state index contributed by atoms with van der Waals surface area (Å²) in [6, 6.07) is 5.17. The molecule has 1 aromatic carbocycles. The number of nitrogen functional groups attached to an aromatic ring is 1. The molecule has 1 aromatic heterocycles. The van der Waals surface area contributed by atoms with Crippen LogP contribution in [0.25, 0.3) is 0 Å². The molecule has 0 atom stereocenters. The molecule has 1 amide bonds. The van der Waals surface area contributed by atoms with E-state index in [2.05, 4.69) is 15.3 Å². The van der Waals surface area contributed by atoms with E-state index in [-0.39, 0.29) is 0 Å². The Morgan fingerprint density at radius 1 is 1.40 bits per heavy atom. The van der Waals surface area contributed by atoms with Gasteiger partial charge in [-0.1, -0.05) is 6.07 Å². The molecule has 0 aliphatic rings. The highest BCUT2D eigenvalue weighted by Gasteiger charge is 2.09. The molecule has 2 aromatic rings. The van der Waals surface area contributed by atoms with Gasteiger partial charge in [-0.2, -0.15) is 0 Å². The number of carbonyl (C=O) groups is 1. The zero-order valence-electron chi connectivity index (χ0n) is 11.6. The van der Waals surface area contributed by atoms with E-state index in [1.807, 2.05) is 20.0 Å². The second-order valence-corrected chi connectivity index (χ2v) is 5.87. The van der Waals surface area contributed by atoms with Crippen LogP contribution in [0.5, 0.6) is 0 Å². The van der Waals surface area contributed by atoms with Crippen LogP contribution >= 0.6 is 11.3 Å². The van der Waals surface area contributed by atoms with Gasteiger partial charge in [0.25, 0.3) is 0 Å². The number of hydrogen-bond donors (Lipinski definition) is 2. The van der Waals surface area contributed by atoms with Crippen molar-refractivity contribution in [1.82, 2.24) is 9.88 Å². The Hall–Kier alpha value is -1.92. The maximum Gasteiger partial charge on any atom is 0.248 e. The predicted molar refractivity (Wildman–Crippen MR) is 81.4 cm³/mol. The summed E-state index contributed by atoms with van der Waals surface area (Å²) >= 11 is 1.65. The van der Waals surface area contributed by atoms with Crippen molar-refractivity contribution in [2.24, 2.45) is 5.73 Å². The van der Waals surface area contributed by atoms with Crippen molar-refractivity contribution in [3.05, 3.63) is 45.4 Å². The van der Waals surface area contributed by atoms with Crippen molar-refractivity contribution in [3.8, 4) is 0 Å². The van der Waals surface area contributed by atoms with Crippen LogP contribution in [0, 0.1) is 6.92 Å². The number of thiazole rings is 1. The highest BCUT2D eigenvalue weighted by atomic mass is 32.1. The third-order valence-electron chi connectivity index (χ3n) is 2.97. The van der Waals surface area contributed by atoms with Gasteiger partial charge in [0.15, 0.2) is 0 Å². The van der Waals surface area contributed by atoms with Gasteiger partial charge in [0.1, 0.15) is 0 Å². The second-order valence-electron chi connectivity index (χ2n) is 4.81. The largest absolute Gasteiger partial charge is 0.398 e. The van der Waals surface area contributed by atoms with Gasteiger partial charge in [-0.05, 0) is 31.7 Å². The quantitative estimate of drug-likeness (QED) is 0.822. The molecule has 106 valence electrons. The summed E-state index contributed by atoms with van der Waals surface area (Å²) in [7, 11) is 2.01. The third-order valence-corrected chi connectivity index (χ3v) is 3.79. The van der Waals surface area contributed by atoms with Crippen LogP contribution in [0.15, 0.2) is 23.6 Å². The lowest BCUT2D eigenvalue weighted by Gasteiger charge is -2.17. The van der Waals surface area contributed by atoms with Crippen LogP contribution in [0.3, 0.4) is 0 Å². The van der Waals surface area contributed by atoms with Gasteiger partial charge in [-0.15, -0.1) is 11.3 Å². The van der Waals surface area contributed by atoms with Crippen LogP contribution in [0.1, 0.15) is 26.6 Å². The Morgan fingerprint density at radius 3 is 2.70 bits per heavy atom. The number of carbonyl (C=O) groups excluding carboxylic acids is 1. The van der Waals surface area contributed by atoms with Gasteiger partial charge < -0.3 is 11.5 Å². The first-order chi connectivity index (χ1) is 9.45. The number of nitrogens with two attached hydrogens (primary N) is 2. The van der Waals surface area contributed by atoms with Crippen LogP contribution in [0.2, 0.25) is 0 Å². The summed E-state index contributed by atoms with van der Waals surface area (Å²) in [5.41, 5.74) is 14.2. The molecule has 0 saturated heterocycles. The van der Waals surface area contributed by atoms with E-state index in [0.717, 1.165) is 22.8 Å². The SMILES string of the molecule is Cc1nc(CN(C)Cc2ccc(C(N)=O)cc2N)cs1. The van der Waals surface area contributed by atoms with Gasteiger partial charge in [-0.25, -0.2) is 4.98 Å². The number of anilines is 1. The Labute approximate surface area is 122 Å². The molecule has 2 rings (SSSR count). The lowest BCUT2D eigenvalue weighted by atomic mass is 10.1. The van der Waals surface area contributed by atoms with E-state index < -0.39 is 5.91 Å². The summed E-state index contributed by atoms with van der Waals surface area (Å²) in [5, 5.41) is 3.13. The van der Waals surface area contributed by atoms with Crippen molar-refractivity contribution in [2.75, 3.05) is 12.8 Å². The van der Waals surface area contributed by atoms with Crippen molar-refractivity contribution in [3.63, 3.8) is 0 Å². The zero-order valence-corrected chi connectivity index (χ0v) is 12.4. The minimum atomic E-state index is -0.463. The second kappa shape index (κ2) is 6.02. The number of benzene rings is 1. The van der Waals surface area contributed by atoms with E-state index in [1.54, 1.807) is 23.5 Å². The third kappa shape index (κ3) is 3.55. The minimum Gasteiger partial charge on any atom is -0.398 e. The molecule has 0 radical (unpaired) electrons. The van der Waals surface area contributed by atoms with E-state index >= 15 is 0 Å². The Balaban J connectivity index is 2.04. The fraction of sp³-hybridized carbons (Fsp3) is 0.286. The molecule has 0 saturated carbocycles. The number of aromatic nitrogens is 1. The first-order valence-corrected chi connectivity index (χ1v) is 7.11. The first-order valence-electron chi connectivity index (χ1n) is 6.23. The monoisotopic (exact) mass is 290 g/mol. The molecular formula is C14H18N4OS. The fourth-order valence-corrected chi connectivity index (χ4v) is 2.60. The highest BCUT2D eigenvalue weighted by Crippen LogP contribution is 2.17. The first kappa shape index (κ1) is 14.5. The molecule has 0 fully saturated rings. The summed E-state index contributed by atoms with van der Waals surface area (Å²) in [5.74, 6) is -0.463. The number of aryl methyl sites for hydroxylation is 1. The molecule has 0 bridgehead atoms. The maximum atomic E-state index is 11.1. The van der Waals surface area contributed by atoms with Gasteiger partial charge in [-0.3, -0.25) is 9.69 Å². The predicted octanol–water partition coefficient (Wildman–Crippen LogP) is 1.76. The summed E-state index contributed by atoms with van der Waals surface area (Å²) in [6.45, 7) is 3.46. The molecule has 20 heavy (non-hydrogen) atoms. The molecule has 0 unspecified atom stereocenters. The van der Waals surface area contributed by atoms with Crippen molar-refractivity contribution in [1.29, 1.82) is 0 Å². The number of primary amides is 1. The minimum absolute atomic E-state index is 0.434. The molecule has 0 spiro atoms. The zero-order chi connectivity index (χ0) is 14.7.